The molecule has 4 bridgehead atoms. The van der Waals surface area contributed by atoms with Gasteiger partial charge in [0.2, 0.25) is 0 Å². The molecule has 4 heterocycles. The van der Waals surface area contributed by atoms with Crippen LogP contribution in [0.3, 0.4) is 0 Å². The van der Waals surface area contributed by atoms with E-state index < -0.39 is 0 Å². The van der Waals surface area contributed by atoms with Gasteiger partial charge in [-0.2, -0.15) is 0 Å². The predicted molar refractivity (Wildman–Crippen MR) is 119 cm³/mol. The minimum Gasteiger partial charge on any atom is -0.497 e. The number of piperidine rings is 1. The minimum absolute atomic E-state index is 0.0203. The number of hydrogen-bond acceptors (Lipinski definition) is 5. The van der Waals surface area contributed by atoms with Crippen molar-refractivity contribution in [2.45, 2.75) is 67.5 Å². The van der Waals surface area contributed by atoms with Crippen molar-refractivity contribution in [3.05, 3.63) is 29.3 Å². The lowest BCUT2D eigenvalue weighted by Gasteiger charge is -2.73. The number of nitrogens with zero attached hydrogens (tertiary/aromatic N) is 2. The second kappa shape index (κ2) is 6.69. The molecule has 0 radical (unpaired) electrons. The molecule has 5 heteroatoms. The van der Waals surface area contributed by atoms with Crippen LogP contribution in [0.15, 0.2) is 18.2 Å². The van der Waals surface area contributed by atoms with Gasteiger partial charge in [-0.05, 0) is 80.7 Å². The molecule has 1 aromatic rings. The van der Waals surface area contributed by atoms with Gasteiger partial charge in [0.05, 0.1) is 32.5 Å². The van der Waals surface area contributed by atoms with Crippen molar-refractivity contribution in [3.8, 4) is 5.75 Å². The number of likely N-dealkylation sites (tertiary alicyclic amines) is 1. The van der Waals surface area contributed by atoms with E-state index in [1.54, 1.807) is 18.2 Å². The van der Waals surface area contributed by atoms with Gasteiger partial charge in [-0.15, -0.1) is 0 Å². The summed E-state index contributed by atoms with van der Waals surface area (Å²) in [5, 5.41) is 0. The van der Waals surface area contributed by atoms with Gasteiger partial charge in [-0.25, -0.2) is 0 Å². The summed E-state index contributed by atoms with van der Waals surface area (Å²) in [6, 6.07) is 7.44. The van der Waals surface area contributed by atoms with Crippen LogP contribution in [-0.2, 0) is 21.3 Å². The third kappa shape index (κ3) is 2.58. The molecular formula is C26H36N2O3. The van der Waals surface area contributed by atoms with Crippen molar-refractivity contribution in [1.29, 1.82) is 0 Å². The topological polar surface area (TPSA) is 34.2 Å². The first-order valence-corrected chi connectivity index (χ1v) is 12.6. The molecule has 1 spiro atoms. The molecule has 0 N–H and O–H groups in total. The second-order valence-corrected chi connectivity index (χ2v) is 11.2. The quantitative estimate of drug-likeness (QED) is 0.742. The van der Waals surface area contributed by atoms with Crippen LogP contribution in [0.5, 0.6) is 5.75 Å². The molecule has 0 aromatic heterocycles. The van der Waals surface area contributed by atoms with Gasteiger partial charge in [0, 0.05) is 36.6 Å². The first-order valence-electron chi connectivity index (χ1n) is 12.6. The first-order chi connectivity index (χ1) is 15.2. The molecule has 4 aliphatic heterocycles. The average Bonchev–Trinajstić information content (AvgIpc) is 3.65. The Balaban J connectivity index is 1.35. The summed E-state index contributed by atoms with van der Waals surface area (Å²) in [6.07, 6.45) is 8.94. The van der Waals surface area contributed by atoms with Gasteiger partial charge in [-0.1, -0.05) is 6.07 Å². The Morgan fingerprint density at radius 3 is 2.71 bits per heavy atom. The largest absolute Gasteiger partial charge is 0.497 e. The molecule has 4 atom stereocenters. The highest BCUT2D eigenvalue weighted by molar-refractivity contribution is 5.50. The smallest absolute Gasteiger partial charge is 0.119 e. The lowest BCUT2D eigenvalue weighted by molar-refractivity contribution is -0.284. The molecule has 0 amide bonds. The molecule has 7 aliphatic rings. The monoisotopic (exact) mass is 424 g/mol. The van der Waals surface area contributed by atoms with Crippen LogP contribution < -0.4 is 4.74 Å². The molecule has 4 saturated heterocycles. The second-order valence-electron chi connectivity index (χ2n) is 11.2. The zero-order valence-corrected chi connectivity index (χ0v) is 18.9. The highest BCUT2D eigenvalue weighted by Crippen LogP contribution is 2.66. The highest BCUT2D eigenvalue weighted by Gasteiger charge is 2.72. The average molecular weight is 425 g/mol. The van der Waals surface area contributed by atoms with E-state index in [-0.39, 0.29) is 16.6 Å². The van der Waals surface area contributed by atoms with E-state index >= 15 is 0 Å². The Kier molecular flexibility index (Phi) is 4.17. The van der Waals surface area contributed by atoms with Crippen LogP contribution in [0.25, 0.3) is 0 Å². The molecular weight excluding hydrogens is 388 g/mol. The number of rotatable bonds is 4. The molecule has 8 rings (SSSR count). The number of morpholine rings is 1. The number of fused-ring (bicyclic) bond motifs is 3. The molecule has 2 saturated carbocycles. The third-order valence-corrected chi connectivity index (χ3v) is 9.92. The maximum absolute atomic E-state index is 7.18. The maximum atomic E-state index is 7.18. The Bertz CT molecular complexity index is 869. The van der Waals surface area contributed by atoms with Crippen LogP contribution in [-0.4, -0.2) is 80.1 Å². The van der Waals surface area contributed by atoms with Gasteiger partial charge in [0.15, 0.2) is 0 Å². The van der Waals surface area contributed by atoms with E-state index in [9.17, 15) is 0 Å². The van der Waals surface area contributed by atoms with Crippen molar-refractivity contribution < 1.29 is 14.2 Å². The summed E-state index contributed by atoms with van der Waals surface area (Å²) >= 11 is 0. The lowest BCUT2D eigenvalue weighted by Crippen LogP contribution is -2.81. The zero-order chi connectivity index (χ0) is 20.7. The van der Waals surface area contributed by atoms with E-state index in [1.165, 1.54) is 51.6 Å². The van der Waals surface area contributed by atoms with Crippen molar-refractivity contribution >= 4 is 0 Å². The van der Waals surface area contributed by atoms with E-state index in [1.807, 2.05) is 0 Å². The normalized spacial score (nSPS) is 42.2. The van der Waals surface area contributed by atoms with Crippen molar-refractivity contribution in [2.75, 3.05) is 53.1 Å². The molecule has 168 valence electrons. The Morgan fingerprint density at radius 2 is 1.97 bits per heavy atom. The summed E-state index contributed by atoms with van der Waals surface area (Å²) in [5.41, 5.74) is 3.37. The van der Waals surface area contributed by atoms with Gasteiger partial charge >= 0.3 is 0 Å². The van der Waals surface area contributed by atoms with Crippen LogP contribution in [0.1, 0.15) is 49.7 Å². The molecule has 1 aromatic carbocycles. The third-order valence-electron chi connectivity index (χ3n) is 9.92. The summed E-state index contributed by atoms with van der Waals surface area (Å²) in [5.74, 6) is 1.93. The molecule has 0 unspecified atom stereocenters. The number of hydrogen-bond donors (Lipinski definition) is 0. The number of benzene rings is 1. The van der Waals surface area contributed by atoms with E-state index in [0.717, 1.165) is 51.0 Å². The maximum Gasteiger partial charge on any atom is 0.119 e. The lowest BCUT2D eigenvalue weighted by atomic mass is 9.45. The Hall–Kier alpha value is -1.14. The van der Waals surface area contributed by atoms with Crippen LogP contribution >= 0.6 is 0 Å². The minimum atomic E-state index is -0.0203. The van der Waals surface area contributed by atoms with Crippen molar-refractivity contribution in [3.63, 3.8) is 0 Å². The standard InChI is InChI=1S/C26H36N2O3/c1-29-21-5-4-20-14-23-26-7-6-24(18-31-26,28-10-12-30-13-11-28)17-25(26,22(20)15-21)8-9-27(23)16-19-2-3-19/h4-5,15,19,23H,2-3,6-14,16-18H2,1H3/t23-,24+,25-,26-/m1/s1. The Labute approximate surface area is 186 Å². The summed E-state index contributed by atoms with van der Waals surface area (Å²) in [4.78, 5) is 5.57. The zero-order valence-electron chi connectivity index (χ0n) is 18.9. The van der Waals surface area contributed by atoms with Crippen molar-refractivity contribution in [1.82, 2.24) is 9.80 Å². The van der Waals surface area contributed by atoms with Gasteiger partial charge in [-0.3, -0.25) is 9.80 Å². The van der Waals surface area contributed by atoms with E-state index in [0.29, 0.717) is 6.04 Å². The van der Waals surface area contributed by atoms with Gasteiger partial charge in [0.1, 0.15) is 5.75 Å². The fraction of sp³-hybridized carbons (Fsp3) is 0.769. The number of ether oxygens (including phenoxy) is 3. The van der Waals surface area contributed by atoms with Crippen LogP contribution in [0.4, 0.5) is 0 Å². The SMILES string of the molecule is COc1ccc2c(c1)[C@]13CCN(CC4CC4)[C@H](C2)[C@]12CC[C@@](N1CCOCC1)(CO2)C3. The van der Waals surface area contributed by atoms with Crippen molar-refractivity contribution in [2.24, 2.45) is 5.92 Å². The van der Waals surface area contributed by atoms with Crippen LogP contribution in [0, 0.1) is 5.92 Å². The Morgan fingerprint density at radius 1 is 1.10 bits per heavy atom. The fourth-order valence-corrected chi connectivity index (χ4v) is 8.24. The van der Waals surface area contributed by atoms with Gasteiger partial charge in [0.25, 0.3) is 0 Å². The van der Waals surface area contributed by atoms with E-state index in [4.69, 9.17) is 14.2 Å². The highest BCUT2D eigenvalue weighted by atomic mass is 16.5. The predicted octanol–water partition coefficient (Wildman–Crippen LogP) is 3.00. The summed E-state index contributed by atoms with van der Waals surface area (Å²) in [7, 11) is 1.80. The fourth-order valence-electron chi connectivity index (χ4n) is 8.24. The summed E-state index contributed by atoms with van der Waals surface area (Å²) in [6.45, 7) is 7.24. The summed E-state index contributed by atoms with van der Waals surface area (Å²) < 4.78 is 18.6. The molecule has 5 nitrogen and oxygen atoms in total. The molecule has 3 aliphatic carbocycles. The van der Waals surface area contributed by atoms with E-state index in [2.05, 4.69) is 28.0 Å². The first kappa shape index (κ1) is 19.3. The van der Waals surface area contributed by atoms with Gasteiger partial charge < -0.3 is 14.2 Å². The molecule has 6 fully saturated rings. The van der Waals surface area contributed by atoms with Crippen LogP contribution in [0.2, 0.25) is 0 Å². The molecule has 31 heavy (non-hydrogen) atoms. The number of methoxy groups -OCH3 is 1.